The molecule has 0 aliphatic rings. The van der Waals surface area contributed by atoms with Gasteiger partial charge < -0.3 is 4.74 Å². The standard InChI is InChI=1S/C22H22N2O2/c1-4-26-22-13-9-8-12-20(22)21(25)15-14-19-16(2)23-24(17(19)3)18-10-6-5-7-11-18/h5-15H,4H2,1-3H3/b15-14+. The molecule has 0 atom stereocenters. The van der Waals surface area contributed by atoms with E-state index >= 15 is 0 Å². The fourth-order valence-corrected chi connectivity index (χ4v) is 2.92. The Kier molecular flexibility index (Phi) is 5.32. The van der Waals surface area contributed by atoms with Crippen LogP contribution in [0.25, 0.3) is 11.8 Å². The van der Waals surface area contributed by atoms with Gasteiger partial charge in [0.05, 0.1) is 23.6 Å². The zero-order valence-electron chi connectivity index (χ0n) is 15.3. The SMILES string of the molecule is CCOc1ccccc1C(=O)/C=C/c1c(C)nn(-c2ccccc2)c1C. The minimum Gasteiger partial charge on any atom is -0.493 e. The van der Waals surface area contributed by atoms with Crippen molar-refractivity contribution in [1.29, 1.82) is 0 Å². The highest BCUT2D eigenvalue weighted by atomic mass is 16.5. The van der Waals surface area contributed by atoms with Crippen molar-refractivity contribution < 1.29 is 9.53 Å². The van der Waals surface area contributed by atoms with E-state index in [1.165, 1.54) is 0 Å². The lowest BCUT2D eigenvalue weighted by Crippen LogP contribution is -2.01. The van der Waals surface area contributed by atoms with Crippen LogP contribution in [0.4, 0.5) is 0 Å². The third-order valence-corrected chi connectivity index (χ3v) is 4.20. The fourth-order valence-electron chi connectivity index (χ4n) is 2.92. The predicted molar refractivity (Wildman–Crippen MR) is 104 cm³/mol. The van der Waals surface area contributed by atoms with Crippen LogP contribution in [0.5, 0.6) is 5.75 Å². The molecular formula is C22H22N2O2. The molecule has 4 heteroatoms. The number of nitrogens with zero attached hydrogens (tertiary/aromatic N) is 2. The van der Waals surface area contributed by atoms with Gasteiger partial charge in [-0.1, -0.05) is 30.3 Å². The summed E-state index contributed by atoms with van der Waals surface area (Å²) in [6.45, 7) is 6.38. The van der Waals surface area contributed by atoms with Gasteiger partial charge in [0.2, 0.25) is 0 Å². The number of carbonyl (C=O) groups excluding carboxylic acids is 1. The minimum atomic E-state index is -0.0830. The third-order valence-electron chi connectivity index (χ3n) is 4.20. The van der Waals surface area contributed by atoms with Crippen LogP contribution in [-0.2, 0) is 0 Å². The highest BCUT2D eigenvalue weighted by molar-refractivity contribution is 6.08. The van der Waals surface area contributed by atoms with Crippen LogP contribution < -0.4 is 4.74 Å². The van der Waals surface area contributed by atoms with Crippen LogP contribution in [0.3, 0.4) is 0 Å². The van der Waals surface area contributed by atoms with Gasteiger partial charge in [0.25, 0.3) is 0 Å². The van der Waals surface area contributed by atoms with Crippen molar-refractivity contribution in [3.63, 3.8) is 0 Å². The number of hydrogen-bond acceptors (Lipinski definition) is 3. The summed E-state index contributed by atoms with van der Waals surface area (Å²) in [4.78, 5) is 12.6. The van der Waals surface area contributed by atoms with Crippen molar-refractivity contribution in [1.82, 2.24) is 9.78 Å². The van der Waals surface area contributed by atoms with Gasteiger partial charge in [-0.3, -0.25) is 4.79 Å². The highest BCUT2D eigenvalue weighted by Crippen LogP contribution is 2.22. The minimum absolute atomic E-state index is 0.0830. The van der Waals surface area contributed by atoms with Crippen LogP contribution >= 0.6 is 0 Å². The van der Waals surface area contributed by atoms with E-state index in [0.717, 1.165) is 22.6 Å². The second-order valence-corrected chi connectivity index (χ2v) is 5.96. The Morgan fingerprint density at radius 1 is 1.08 bits per heavy atom. The summed E-state index contributed by atoms with van der Waals surface area (Å²) in [7, 11) is 0. The third kappa shape index (κ3) is 3.59. The van der Waals surface area contributed by atoms with E-state index in [1.807, 2.05) is 80.1 Å². The van der Waals surface area contributed by atoms with E-state index in [2.05, 4.69) is 5.10 Å². The summed E-state index contributed by atoms with van der Waals surface area (Å²) in [6, 6.07) is 17.3. The van der Waals surface area contributed by atoms with Crippen molar-refractivity contribution in [3.05, 3.63) is 83.2 Å². The number of benzene rings is 2. The van der Waals surface area contributed by atoms with Gasteiger partial charge in [0.1, 0.15) is 5.75 Å². The zero-order valence-corrected chi connectivity index (χ0v) is 15.3. The van der Waals surface area contributed by atoms with Crippen LogP contribution in [0.1, 0.15) is 34.2 Å². The maximum atomic E-state index is 12.6. The topological polar surface area (TPSA) is 44.1 Å². The first-order chi connectivity index (χ1) is 12.6. The molecule has 0 unspecified atom stereocenters. The highest BCUT2D eigenvalue weighted by Gasteiger charge is 2.12. The van der Waals surface area contributed by atoms with E-state index in [-0.39, 0.29) is 5.78 Å². The Morgan fingerprint density at radius 3 is 2.50 bits per heavy atom. The van der Waals surface area contributed by atoms with E-state index in [1.54, 1.807) is 12.1 Å². The van der Waals surface area contributed by atoms with Crippen LogP contribution in [0, 0.1) is 13.8 Å². The first-order valence-corrected chi connectivity index (χ1v) is 8.67. The molecule has 1 aromatic heterocycles. The number of rotatable bonds is 6. The van der Waals surface area contributed by atoms with Gasteiger partial charge in [-0.2, -0.15) is 5.10 Å². The molecule has 3 rings (SSSR count). The summed E-state index contributed by atoms with van der Waals surface area (Å²) in [5.41, 5.74) is 4.40. The number of para-hydroxylation sites is 2. The lowest BCUT2D eigenvalue weighted by Gasteiger charge is -2.07. The molecule has 0 saturated heterocycles. The normalized spacial score (nSPS) is 11.0. The number of ketones is 1. The number of carbonyl (C=O) groups is 1. The quantitative estimate of drug-likeness (QED) is 0.476. The Hall–Kier alpha value is -3.14. The summed E-state index contributed by atoms with van der Waals surface area (Å²) in [5.74, 6) is 0.526. The summed E-state index contributed by atoms with van der Waals surface area (Å²) in [6.07, 6.45) is 3.42. The maximum absolute atomic E-state index is 12.6. The van der Waals surface area contributed by atoms with E-state index in [4.69, 9.17) is 4.74 Å². The van der Waals surface area contributed by atoms with Gasteiger partial charge in [-0.25, -0.2) is 4.68 Å². The maximum Gasteiger partial charge on any atom is 0.189 e. The van der Waals surface area contributed by atoms with Gasteiger partial charge in [-0.05, 0) is 57.2 Å². The molecule has 0 saturated carbocycles. The molecule has 0 aliphatic carbocycles. The Morgan fingerprint density at radius 2 is 1.77 bits per heavy atom. The average Bonchev–Trinajstić information content (AvgIpc) is 2.95. The van der Waals surface area contributed by atoms with Crippen molar-refractivity contribution >= 4 is 11.9 Å². The molecule has 0 spiro atoms. The Balaban J connectivity index is 1.90. The Bertz CT molecular complexity index is 940. The fraction of sp³-hybridized carbons (Fsp3) is 0.182. The van der Waals surface area contributed by atoms with Crippen LogP contribution in [0.2, 0.25) is 0 Å². The van der Waals surface area contributed by atoms with E-state index in [0.29, 0.717) is 17.9 Å². The van der Waals surface area contributed by atoms with E-state index in [9.17, 15) is 4.79 Å². The molecule has 3 aromatic rings. The number of allylic oxidation sites excluding steroid dienone is 1. The van der Waals surface area contributed by atoms with Gasteiger partial charge in [0.15, 0.2) is 5.78 Å². The average molecular weight is 346 g/mol. The van der Waals surface area contributed by atoms with Crippen molar-refractivity contribution in [2.24, 2.45) is 0 Å². The molecule has 0 amide bonds. The summed E-state index contributed by atoms with van der Waals surface area (Å²) in [5, 5.41) is 4.61. The molecule has 1 heterocycles. The predicted octanol–water partition coefficient (Wildman–Crippen LogP) is 4.78. The van der Waals surface area contributed by atoms with Crippen LogP contribution in [0.15, 0.2) is 60.7 Å². The molecule has 0 aliphatic heterocycles. The first-order valence-electron chi connectivity index (χ1n) is 8.67. The lowest BCUT2D eigenvalue weighted by atomic mass is 10.1. The molecule has 0 N–H and O–H groups in total. The second kappa shape index (κ2) is 7.83. The van der Waals surface area contributed by atoms with Crippen molar-refractivity contribution in [3.8, 4) is 11.4 Å². The lowest BCUT2D eigenvalue weighted by molar-refractivity contribution is 0.104. The number of aryl methyl sites for hydroxylation is 1. The van der Waals surface area contributed by atoms with Gasteiger partial charge in [0, 0.05) is 11.3 Å². The Labute approximate surface area is 153 Å². The molecule has 0 bridgehead atoms. The van der Waals surface area contributed by atoms with Crippen molar-refractivity contribution in [2.75, 3.05) is 6.61 Å². The first kappa shape index (κ1) is 17.7. The molecule has 2 aromatic carbocycles. The number of ether oxygens (including phenoxy) is 1. The van der Waals surface area contributed by atoms with Crippen LogP contribution in [-0.4, -0.2) is 22.2 Å². The van der Waals surface area contributed by atoms with Gasteiger partial charge >= 0.3 is 0 Å². The van der Waals surface area contributed by atoms with Gasteiger partial charge in [-0.15, -0.1) is 0 Å². The second-order valence-electron chi connectivity index (χ2n) is 5.96. The molecule has 0 fully saturated rings. The van der Waals surface area contributed by atoms with E-state index < -0.39 is 0 Å². The van der Waals surface area contributed by atoms with Crippen molar-refractivity contribution in [2.45, 2.75) is 20.8 Å². The number of aromatic nitrogens is 2. The molecule has 26 heavy (non-hydrogen) atoms. The number of hydrogen-bond donors (Lipinski definition) is 0. The molecular weight excluding hydrogens is 324 g/mol. The zero-order chi connectivity index (χ0) is 18.5. The smallest absolute Gasteiger partial charge is 0.189 e. The largest absolute Gasteiger partial charge is 0.493 e. The molecule has 0 radical (unpaired) electrons. The summed E-state index contributed by atoms with van der Waals surface area (Å²) < 4.78 is 7.44. The summed E-state index contributed by atoms with van der Waals surface area (Å²) >= 11 is 0. The monoisotopic (exact) mass is 346 g/mol. The molecule has 4 nitrogen and oxygen atoms in total. The molecule has 132 valence electrons.